The van der Waals surface area contributed by atoms with Crippen molar-refractivity contribution in [2.75, 3.05) is 19.8 Å². The molecule has 140 valence electrons. The SMILES string of the molecule is O=C(N[C@@H](C(=O)O)C1CCOC1)OCC1c2ccccc2-c2ccccc21. The number of fused-ring (bicyclic) bond motifs is 3. The molecule has 0 radical (unpaired) electrons. The number of nitrogens with one attached hydrogen (secondary N) is 1. The molecule has 1 heterocycles. The molecule has 1 amide bonds. The largest absolute Gasteiger partial charge is 0.480 e. The predicted octanol–water partition coefficient (Wildman–Crippen LogP) is 3.01. The van der Waals surface area contributed by atoms with Crippen LogP contribution in [0.3, 0.4) is 0 Å². The minimum absolute atomic E-state index is 0.0544. The standard InChI is InChI=1S/C21H21NO5/c23-20(24)19(13-9-10-26-11-13)22-21(25)27-12-18-16-7-3-1-5-14(16)15-6-2-4-8-17(15)18/h1-8,13,18-19H,9-12H2,(H,22,25)(H,23,24)/t13?,19-/m1/s1. The second kappa shape index (κ2) is 7.40. The van der Waals surface area contributed by atoms with Crippen LogP contribution in [0.1, 0.15) is 23.5 Å². The lowest BCUT2D eigenvalue weighted by molar-refractivity contribution is -0.140. The predicted molar refractivity (Wildman–Crippen MR) is 98.6 cm³/mol. The van der Waals surface area contributed by atoms with Crippen molar-refractivity contribution in [1.29, 1.82) is 0 Å². The second-order valence-electron chi connectivity index (χ2n) is 6.91. The molecule has 27 heavy (non-hydrogen) atoms. The zero-order valence-corrected chi connectivity index (χ0v) is 14.8. The summed E-state index contributed by atoms with van der Waals surface area (Å²) in [7, 11) is 0. The maximum atomic E-state index is 12.3. The Morgan fingerprint density at radius 1 is 1.11 bits per heavy atom. The highest BCUT2D eigenvalue weighted by molar-refractivity contribution is 5.81. The van der Waals surface area contributed by atoms with Gasteiger partial charge in [-0.05, 0) is 28.7 Å². The molecule has 1 saturated heterocycles. The van der Waals surface area contributed by atoms with E-state index in [1.807, 2.05) is 36.4 Å². The van der Waals surface area contributed by atoms with E-state index in [9.17, 15) is 14.7 Å². The van der Waals surface area contributed by atoms with E-state index in [4.69, 9.17) is 9.47 Å². The molecule has 1 aliphatic carbocycles. The van der Waals surface area contributed by atoms with Crippen molar-refractivity contribution in [1.82, 2.24) is 5.32 Å². The molecule has 2 aromatic carbocycles. The van der Waals surface area contributed by atoms with Gasteiger partial charge in [0.05, 0.1) is 6.61 Å². The van der Waals surface area contributed by atoms with Crippen LogP contribution in [-0.4, -0.2) is 43.0 Å². The highest BCUT2D eigenvalue weighted by Gasteiger charge is 2.34. The van der Waals surface area contributed by atoms with Crippen molar-refractivity contribution in [3.05, 3.63) is 59.7 Å². The summed E-state index contributed by atoms with van der Waals surface area (Å²) in [5.74, 6) is -1.36. The fourth-order valence-corrected chi connectivity index (χ4v) is 3.96. The molecule has 0 saturated carbocycles. The fourth-order valence-electron chi connectivity index (χ4n) is 3.96. The molecular weight excluding hydrogens is 346 g/mol. The van der Waals surface area contributed by atoms with Gasteiger partial charge in [0.1, 0.15) is 12.6 Å². The molecule has 6 heteroatoms. The number of amides is 1. The molecule has 1 fully saturated rings. The summed E-state index contributed by atoms with van der Waals surface area (Å²) in [6, 6.07) is 15.1. The van der Waals surface area contributed by atoms with E-state index in [1.54, 1.807) is 0 Å². The summed E-state index contributed by atoms with van der Waals surface area (Å²) in [4.78, 5) is 23.7. The zero-order valence-electron chi connectivity index (χ0n) is 14.8. The molecule has 1 unspecified atom stereocenters. The van der Waals surface area contributed by atoms with Crippen LogP contribution in [0.2, 0.25) is 0 Å². The molecule has 0 aromatic heterocycles. The third kappa shape index (κ3) is 3.40. The lowest BCUT2D eigenvalue weighted by Gasteiger charge is -2.20. The number of aliphatic carboxylic acids is 1. The lowest BCUT2D eigenvalue weighted by atomic mass is 9.98. The number of hydrogen-bond donors (Lipinski definition) is 2. The van der Waals surface area contributed by atoms with Gasteiger partial charge in [-0.3, -0.25) is 0 Å². The van der Waals surface area contributed by atoms with E-state index in [0.717, 1.165) is 22.3 Å². The number of carboxylic acid groups (broad SMARTS) is 1. The number of carboxylic acids is 1. The van der Waals surface area contributed by atoms with E-state index in [0.29, 0.717) is 19.6 Å². The summed E-state index contributed by atoms with van der Waals surface area (Å²) in [5.41, 5.74) is 4.53. The van der Waals surface area contributed by atoms with Crippen LogP contribution in [0.15, 0.2) is 48.5 Å². The van der Waals surface area contributed by atoms with E-state index in [1.165, 1.54) is 0 Å². The van der Waals surface area contributed by atoms with Crippen LogP contribution in [-0.2, 0) is 14.3 Å². The van der Waals surface area contributed by atoms with E-state index < -0.39 is 18.1 Å². The zero-order chi connectivity index (χ0) is 18.8. The first-order valence-electron chi connectivity index (χ1n) is 9.07. The molecule has 0 bridgehead atoms. The monoisotopic (exact) mass is 367 g/mol. The first kappa shape index (κ1) is 17.5. The van der Waals surface area contributed by atoms with E-state index in [2.05, 4.69) is 17.4 Å². The summed E-state index contributed by atoms with van der Waals surface area (Å²) in [5, 5.41) is 11.9. The van der Waals surface area contributed by atoms with Crippen molar-refractivity contribution in [3.63, 3.8) is 0 Å². The van der Waals surface area contributed by atoms with E-state index in [-0.39, 0.29) is 18.4 Å². The van der Waals surface area contributed by atoms with Crippen molar-refractivity contribution in [2.45, 2.75) is 18.4 Å². The van der Waals surface area contributed by atoms with Crippen molar-refractivity contribution >= 4 is 12.1 Å². The minimum Gasteiger partial charge on any atom is -0.480 e. The number of alkyl carbamates (subject to hydrolysis) is 1. The molecule has 2 aliphatic rings. The van der Waals surface area contributed by atoms with Gasteiger partial charge in [0.2, 0.25) is 0 Å². The average Bonchev–Trinajstić information content (AvgIpc) is 3.31. The Morgan fingerprint density at radius 2 is 1.74 bits per heavy atom. The van der Waals surface area contributed by atoms with Gasteiger partial charge < -0.3 is 19.9 Å². The van der Waals surface area contributed by atoms with E-state index >= 15 is 0 Å². The first-order valence-corrected chi connectivity index (χ1v) is 9.07. The van der Waals surface area contributed by atoms with Gasteiger partial charge in [0, 0.05) is 18.4 Å². The average molecular weight is 367 g/mol. The molecule has 4 rings (SSSR count). The summed E-state index contributed by atoms with van der Waals surface area (Å²) < 4.78 is 10.7. The van der Waals surface area contributed by atoms with Gasteiger partial charge in [-0.15, -0.1) is 0 Å². The summed E-state index contributed by atoms with van der Waals surface area (Å²) >= 11 is 0. The number of benzene rings is 2. The number of carbonyl (C=O) groups is 2. The molecule has 1 aliphatic heterocycles. The Kier molecular flexibility index (Phi) is 4.81. The molecule has 2 N–H and O–H groups in total. The molecule has 2 aromatic rings. The Hall–Kier alpha value is -2.86. The van der Waals surface area contributed by atoms with Gasteiger partial charge in [0.25, 0.3) is 0 Å². The number of carbonyl (C=O) groups excluding carboxylic acids is 1. The first-order chi connectivity index (χ1) is 13.1. The third-order valence-electron chi connectivity index (χ3n) is 5.32. The van der Waals surface area contributed by atoms with Crippen LogP contribution in [0.25, 0.3) is 11.1 Å². The van der Waals surface area contributed by atoms with Crippen molar-refractivity contribution in [3.8, 4) is 11.1 Å². The normalized spacial score (nSPS) is 19.2. The highest BCUT2D eigenvalue weighted by atomic mass is 16.5. The Labute approximate surface area is 157 Å². The lowest BCUT2D eigenvalue weighted by Crippen LogP contribution is -2.46. The molecular formula is C21H21NO5. The van der Waals surface area contributed by atoms with Crippen LogP contribution in [0.4, 0.5) is 4.79 Å². The van der Waals surface area contributed by atoms with Crippen molar-refractivity contribution < 1.29 is 24.2 Å². The molecule has 0 spiro atoms. The smallest absolute Gasteiger partial charge is 0.407 e. The van der Waals surface area contributed by atoms with Gasteiger partial charge in [-0.25, -0.2) is 9.59 Å². The Morgan fingerprint density at radius 3 is 2.30 bits per heavy atom. The number of rotatable bonds is 5. The molecule has 6 nitrogen and oxygen atoms in total. The maximum Gasteiger partial charge on any atom is 0.407 e. The van der Waals surface area contributed by atoms with Crippen LogP contribution >= 0.6 is 0 Å². The minimum atomic E-state index is -1.07. The van der Waals surface area contributed by atoms with Gasteiger partial charge in [-0.2, -0.15) is 0 Å². The van der Waals surface area contributed by atoms with Gasteiger partial charge >= 0.3 is 12.1 Å². The topological polar surface area (TPSA) is 84.9 Å². The number of hydrogen-bond acceptors (Lipinski definition) is 4. The molecule has 2 atom stereocenters. The van der Waals surface area contributed by atoms with Crippen molar-refractivity contribution in [2.24, 2.45) is 5.92 Å². The van der Waals surface area contributed by atoms with Crippen LogP contribution < -0.4 is 5.32 Å². The van der Waals surface area contributed by atoms with Gasteiger partial charge in [-0.1, -0.05) is 48.5 Å². The second-order valence-corrected chi connectivity index (χ2v) is 6.91. The fraction of sp³-hybridized carbons (Fsp3) is 0.333. The van der Waals surface area contributed by atoms with Crippen LogP contribution in [0, 0.1) is 5.92 Å². The van der Waals surface area contributed by atoms with Gasteiger partial charge in [0.15, 0.2) is 0 Å². The quantitative estimate of drug-likeness (QED) is 0.849. The Balaban J connectivity index is 1.45. The van der Waals surface area contributed by atoms with Crippen LogP contribution in [0.5, 0.6) is 0 Å². The Bertz CT molecular complexity index is 814. The summed E-state index contributed by atoms with van der Waals surface area (Å²) in [6.45, 7) is 1.01. The third-order valence-corrected chi connectivity index (χ3v) is 5.32. The number of ether oxygens (including phenoxy) is 2. The highest BCUT2D eigenvalue weighted by Crippen LogP contribution is 2.44. The summed E-state index contributed by atoms with van der Waals surface area (Å²) in [6.07, 6.45) is -0.100. The maximum absolute atomic E-state index is 12.3.